The number of anilines is 1. The van der Waals surface area contributed by atoms with E-state index < -0.39 is 0 Å². The van der Waals surface area contributed by atoms with Crippen LogP contribution in [0.2, 0.25) is 0 Å². The molecule has 2 rings (SSSR count). The van der Waals surface area contributed by atoms with Crippen molar-refractivity contribution in [3.8, 4) is 0 Å². The topological polar surface area (TPSA) is 35.2 Å². The van der Waals surface area contributed by atoms with Crippen LogP contribution in [-0.2, 0) is 11.3 Å². The minimum Gasteiger partial charge on any atom is -0.398 e. The van der Waals surface area contributed by atoms with Gasteiger partial charge < -0.3 is 10.5 Å². The van der Waals surface area contributed by atoms with Crippen molar-refractivity contribution in [2.75, 3.05) is 5.73 Å². The first kappa shape index (κ1) is 12.9. The maximum atomic E-state index is 5.97. The summed E-state index contributed by atoms with van der Waals surface area (Å²) in [7, 11) is 0. The maximum absolute atomic E-state index is 5.97. The van der Waals surface area contributed by atoms with Gasteiger partial charge in [-0.25, -0.2) is 0 Å². The van der Waals surface area contributed by atoms with Crippen molar-refractivity contribution >= 4 is 21.6 Å². The average Bonchev–Trinajstić information content (AvgIpc) is 2.56. The molecule has 2 nitrogen and oxygen atoms in total. The summed E-state index contributed by atoms with van der Waals surface area (Å²) in [5.74, 6) is 0. The molecule has 0 saturated heterocycles. The molecule has 0 bridgehead atoms. The van der Waals surface area contributed by atoms with Gasteiger partial charge in [-0.1, -0.05) is 47.7 Å². The van der Waals surface area contributed by atoms with Gasteiger partial charge in [0.1, 0.15) is 0 Å². The Balaban J connectivity index is 1.88. The Morgan fingerprint density at radius 1 is 1.18 bits per heavy atom. The van der Waals surface area contributed by atoms with E-state index in [1.807, 2.05) is 18.2 Å². The summed E-state index contributed by atoms with van der Waals surface area (Å²) in [4.78, 5) is 0. The van der Waals surface area contributed by atoms with E-state index in [2.05, 4.69) is 15.9 Å². The molecule has 17 heavy (non-hydrogen) atoms. The van der Waals surface area contributed by atoms with Gasteiger partial charge in [-0.05, 0) is 25.0 Å². The van der Waals surface area contributed by atoms with Gasteiger partial charge in [-0.2, -0.15) is 0 Å². The fourth-order valence-corrected chi connectivity index (χ4v) is 2.69. The zero-order valence-corrected chi connectivity index (χ0v) is 11.7. The van der Waals surface area contributed by atoms with Crippen LogP contribution in [0.15, 0.2) is 22.7 Å². The summed E-state index contributed by atoms with van der Waals surface area (Å²) in [6, 6.07) is 5.99. The molecular weight excluding hydrogens is 278 g/mol. The second kappa shape index (κ2) is 6.41. The van der Waals surface area contributed by atoms with E-state index in [-0.39, 0.29) is 0 Å². The summed E-state index contributed by atoms with van der Waals surface area (Å²) in [5.41, 5.74) is 7.87. The van der Waals surface area contributed by atoms with E-state index in [9.17, 15) is 0 Å². The standard InChI is InChI=1S/C14H20BrNO/c15-12-8-7-11(14(16)9-12)10-17-13-5-3-1-2-4-6-13/h7-9,13H,1-6,10,16H2. The van der Waals surface area contributed by atoms with Gasteiger partial charge >= 0.3 is 0 Å². The number of nitrogen functional groups attached to an aromatic ring is 1. The van der Waals surface area contributed by atoms with Gasteiger partial charge in [0, 0.05) is 15.7 Å². The highest BCUT2D eigenvalue weighted by Crippen LogP contribution is 2.23. The van der Waals surface area contributed by atoms with Gasteiger partial charge in [-0.3, -0.25) is 0 Å². The van der Waals surface area contributed by atoms with Crippen molar-refractivity contribution in [1.82, 2.24) is 0 Å². The predicted molar refractivity (Wildman–Crippen MR) is 74.8 cm³/mol. The number of ether oxygens (including phenoxy) is 1. The molecule has 1 fully saturated rings. The highest BCUT2D eigenvalue weighted by atomic mass is 79.9. The van der Waals surface area contributed by atoms with Crippen LogP contribution in [0.25, 0.3) is 0 Å². The molecule has 0 heterocycles. The Morgan fingerprint density at radius 3 is 2.53 bits per heavy atom. The van der Waals surface area contributed by atoms with Crippen molar-refractivity contribution < 1.29 is 4.74 Å². The van der Waals surface area contributed by atoms with Gasteiger partial charge in [0.15, 0.2) is 0 Å². The van der Waals surface area contributed by atoms with Crippen LogP contribution in [0.3, 0.4) is 0 Å². The van der Waals surface area contributed by atoms with E-state index >= 15 is 0 Å². The lowest BCUT2D eigenvalue weighted by Gasteiger charge is -2.16. The number of rotatable bonds is 3. The van der Waals surface area contributed by atoms with Crippen LogP contribution >= 0.6 is 15.9 Å². The Kier molecular flexibility index (Phi) is 4.86. The largest absolute Gasteiger partial charge is 0.398 e. The van der Waals surface area contributed by atoms with E-state index in [1.165, 1.54) is 38.5 Å². The third-order valence-corrected chi connectivity index (χ3v) is 3.88. The molecule has 0 amide bonds. The summed E-state index contributed by atoms with van der Waals surface area (Å²) in [6.07, 6.45) is 8.18. The van der Waals surface area contributed by atoms with E-state index in [0.29, 0.717) is 12.7 Å². The fourth-order valence-electron chi connectivity index (χ4n) is 2.31. The molecule has 0 unspecified atom stereocenters. The third kappa shape index (κ3) is 4.00. The molecule has 0 aromatic heterocycles. The first-order valence-corrected chi connectivity index (χ1v) is 7.20. The molecule has 0 aliphatic heterocycles. The summed E-state index contributed by atoms with van der Waals surface area (Å²) < 4.78 is 7.00. The zero-order valence-electron chi connectivity index (χ0n) is 10.1. The molecule has 1 aromatic rings. The Hall–Kier alpha value is -0.540. The zero-order chi connectivity index (χ0) is 12.1. The first-order valence-electron chi connectivity index (χ1n) is 6.41. The predicted octanol–water partition coefficient (Wildman–Crippen LogP) is 4.27. The lowest BCUT2D eigenvalue weighted by molar-refractivity contribution is 0.0313. The van der Waals surface area contributed by atoms with Gasteiger partial charge in [0.25, 0.3) is 0 Å². The van der Waals surface area contributed by atoms with Crippen molar-refractivity contribution in [2.24, 2.45) is 0 Å². The molecule has 0 atom stereocenters. The average molecular weight is 298 g/mol. The second-order valence-electron chi connectivity index (χ2n) is 4.77. The molecule has 2 N–H and O–H groups in total. The minimum atomic E-state index is 0.431. The highest BCUT2D eigenvalue weighted by Gasteiger charge is 2.13. The monoisotopic (exact) mass is 297 g/mol. The number of hydrogen-bond acceptors (Lipinski definition) is 2. The van der Waals surface area contributed by atoms with Crippen LogP contribution in [0.1, 0.15) is 44.1 Å². The van der Waals surface area contributed by atoms with Crippen LogP contribution in [0.4, 0.5) is 5.69 Å². The summed E-state index contributed by atoms with van der Waals surface area (Å²) in [5, 5.41) is 0. The summed E-state index contributed by atoms with van der Waals surface area (Å²) >= 11 is 3.41. The molecule has 1 aliphatic carbocycles. The highest BCUT2D eigenvalue weighted by molar-refractivity contribution is 9.10. The molecule has 94 valence electrons. The van der Waals surface area contributed by atoms with Crippen molar-refractivity contribution in [3.05, 3.63) is 28.2 Å². The quantitative estimate of drug-likeness (QED) is 0.668. The van der Waals surface area contributed by atoms with Crippen LogP contribution in [0, 0.1) is 0 Å². The first-order chi connectivity index (χ1) is 8.25. The number of benzene rings is 1. The SMILES string of the molecule is Nc1cc(Br)ccc1COC1CCCCCC1. The third-order valence-electron chi connectivity index (χ3n) is 3.38. The van der Waals surface area contributed by atoms with Crippen LogP contribution < -0.4 is 5.73 Å². The van der Waals surface area contributed by atoms with Crippen LogP contribution in [-0.4, -0.2) is 6.10 Å². The van der Waals surface area contributed by atoms with E-state index in [1.54, 1.807) is 0 Å². The van der Waals surface area contributed by atoms with E-state index in [0.717, 1.165) is 15.7 Å². The molecule has 1 aliphatic rings. The van der Waals surface area contributed by atoms with Crippen molar-refractivity contribution in [1.29, 1.82) is 0 Å². The lowest BCUT2D eigenvalue weighted by Crippen LogP contribution is -2.12. The van der Waals surface area contributed by atoms with Gasteiger partial charge in [0.05, 0.1) is 12.7 Å². The van der Waals surface area contributed by atoms with Gasteiger partial charge in [0.2, 0.25) is 0 Å². The minimum absolute atomic E-state index is 0.431. The van der Waals surface area contributed by atoms with E-state index in [4.69, 9.17) is 10.5 Å². The van der Waals surface area contributed by atoms with Crippen molar-refractivity contribution in [2.45, 2.75) is 51.2 Å². The Bertz CT molecular complexity index is 359. The van der Waals surface area contributed by atoms with Crippen molar-refractivity contribution in [3.63, 3.8) is 0 Å². The molecule has 0 radical (unpaired) electrons. The fraction of sp³-hybridized carbons (Fsp3) is 0.571. The molecule has 1 aromatic carbocycles. The Labute approximate surface area is 112 Å². The maximum Gasteiger partial charge on any atom is 0.0740 e. The molecule has 0 spiro atoms. The Morgan fingerprint density at radius 2 is 1.88 bits per heavy atom. The second-order valence-corrected chi connectivity index (χ2v) is 5.68. The van der Waals surface area contributed by atoms with Gasteiger partial charge in [-0.15, -0.1) is 0 Å². The number of halogens is 1. The van der Waals surface area contributed by atoms with Crippen LogP contribution in [0.5, 0.6) is 0 Å². The molecule has 1 saturated carbocycles. The molecule has 3 heteroatoms. The smallest absolute Gasteiger partial charge is 0.0740 e. The number of nitrogens with two attached hydrogens (primary N) is 1. The summed E-state index contributed by atoms with van der Waals surface area (Å²) in [6.45, 7) is 0.643. The normalized spacial score (nSPS) is 17.9. The number of hydrogen-bond donors (Lipinski definition) is 1. The lowest BCUT2D eigenvalue weighted by atomic mass is 10.1. The molecular formula is C14H20BrNO.